The number of amides is 1. The van der Waals surface area contributed by atoms with E-state index in [2.05, 4.69) is 53.3 Å². The molecule has 4 aromatic rings. The second-order valence-corrected chi connectivity index (χ2v) is 8.52. The first-order valence-electron chi connectivity index (χ1n) is 12.3. The first-order chi connectivity index (χ1) is 17.0. The number of hydrogen-bond donors (Lipinski definition) is 1. The monoisotopic (exact) mass is 471 g/mol. The lowest BCUT2D eigenvalue weighted by molar-refractivity contribution is 0.102. The van der Waals surface area contributed by atoms with Crippen LogP contribution in [0.3, 0.4) is 0 Å². The molecular weight excluding hydrogens is 438 g/mol. The molecule has 0 aliphatic heterocycles. The number of aromatic nitrogens is 3. The molecule has 1 heterocycles. The van der Waals surface area contributed by atoms with Crippen molar-refractivity contribution in [2.75, 3.05) is 29.9 Å². The SMILES string of the molecule is CCCCOc1cccc(C(=O)Nc2cc3nn(-c4ccc(N(CC)CC)cc4)nc3cc2C)c1. The molecule has 3 aromatic carbocycles. The Balaban J connectivity index is 1.53. The zero-order valence-corrected chi connectivity index (χ0v) is 20.9. The Morgan fingerprint density at radius 3 is 2.37 bits per heavy atom. The van der Waals surface area contributed by atoms with Gasteiger partial charge in [0.25, 0.3) is 5.91 Å². The van der Waals surface area contributed by atoms with Gasteiger partial charge in [-0.3, -0.25) is 4.79 Å². The van der Waals surface area contributed by atoms with E-state index < -0.39 is 0 Å². The molecule has 0 unspecified atom stereocenters. The van der Waals surface area contributed by atoms with Gasteiger partial charge in [0.2, 0.25) is 0 Å². The van der Waals surface area contributed by atoms with Gasteiger partial charge in [-0.05, 0) is 87.4 Å². The highest BCUT2D eigenvalue weighted by Crippen LogP contribution is 2.24. The molecule has 4 rings (SSSR count). The second kappa shape index (κ2) is 11.0. The number of rotatable bonds is 10. The van der Waals surface area contributed by atoms with E-state index in [9.17, 15) is 4.79 Å². The van der Waals surface area contributed by atoms with E-state index in [1.807, 2.05) is 43.3 Å². The zero-order chi connectivity index (χ0) is 24.8. The lowest BCUT2D eigenvalue weighted by Crippen LogP contribution is -2.21. The van der Waals surface area contributed by atoms with Crippen molar-refractivity contribution < 1.29 is 9.53 Å². The Bertz CT molecular complexity index is 1290. The van der Waals surface area contributed by atoms with Gasteiger partial charge in [0, 0.05) is 30.0 Å². The quantitative estimate of drug-likeness (QED) is 0.287. The lowest BCUT2D eigenvalue weighted by Gasteiger charge is -2.20. The molecule has 0 radical (unpaired) electrons. The van der Waals surface area contributed by atoms with Gasteiger partial charge in [0.15, 0.2) is 0 Å². The second-order valence-electron chi connectivity index (χ2n) is 8.52. The fourth-order valence-electron chi connectivity index (χ4n) is 3.96. The van der Waals surface area contributed by atoms with E-state index in [1.54, 1.807) is 16.9 Å². The van der Waals surface area contributed by atoms with Gasteiger partial charge in [0.1, 0.15) is 16.8 Å². The van der Waals surface area contributed by atoms with Crippen LogP contribution in [0.4, 0.5) is 11.4 Å². The van der Waals surface area contributed by atoms with E-state index in [0.717, 1.165) is 48.2 Å². The van der Waals surface area contributed by atoms with Crippen LogP contribution in [0.15, 0.2) is 60.7 Å². The van der Waals surface area contributed by atoms with Crippen molar-refractivity contribution in [3.05, 3.63) is 71.8 Å². The summed E-state index contributed by atoms with van der Waals surface area (Å²) >= 11 is 0. The minimum atomic E-state index is -0.187. The molecule has 1 N–H and O–H groups in total. The smallest absolute Gasteiger partial charge is 0.255 e. The van der Waals surface area contributed by atoms with Gasteiger partial charge in [0.05, 0.1) is 12.3 Å². The van der Waals surface area contributed by atoms with Crippen LogP contribution in [0.1, 0.15) is 49.5 Å². The molecule has 1 amide bonds. The predicted octanol–water partition coefficient (Wildman–Crippen LogP) is 6.01. The minimum Gasteiger partial charge on any atom is -0.494 e. The largest absolute Gasteiger partial charge is 0.494 e. The van der Waals surface area contributed by atoms with Gasteiger partial charge in [-0.15, -0.1) is 10.2 Å². The van der Waals surface area contributed by atoms with Crippen molar-refractivity contribution in [2.45, 2.75) is 40.5 Å². The summed E-state index contributed by atoms with van der Waals surface area (Å²) in [6.07, 6.45) is 2.05. The summed E-state index contributed by atoms with van der Waals surface area (Å²) in [5.41, 5.74) is 5.75. The maximum absolute atomic E-state index is 12.9. The van der Waals surface area contributed by atoms with Crippen LogP contribution < -0.4 is 15.0 Å². The molecule has 0 atom stereocenters. The summed E-state index contributed by atoms with van der Waals surface area (Å²) in [5, 5.41) is 12.3. The van der Waals surface area contributed by atoms with Crippen molar-refractivity contribution >= 4 is 28.3 Å². The molecule has 1 aromatic heterocycles. The van der Waals surface area contributed by atoms with Crippen LogP contribution in [0, 0.1) is 6.92 Å². The maximum Gasteiger partial charge on any atom is 0.255 e. The molecule has 7 nitrogen and oxygen atoms in total. The number of carbonyl (C=O) groups excluding carboxylic acids is 1. The Labute approximate surface area is 206 Å². The van der Waals surface area contributed by atoms with Crippen LogP contribution in [-0.4, -0.2) is 40.6 Å². The third-order valence-electron chi connectivity index (χ3n) is 6.05. The fourth-order valence-corrected chi connectivity index (χ4v) is 3.96. The van der Waals surface area contributed by atoms with Crippen molar-refractivity contribution in [1.29, 1.82) is 0 Å². The first kappa shape index (κ1) is 24.3. The summed E-state index contributed by atoms with van der Waals surface area (Å²) in [6.45, 7) is 10.9. The van der Waals surface area contributed by atoms with Crippen LogP contribution >= 0.6 is 0 Å². The number of fused-ring (bicyclic) bond motifs is 1. The highest BCUT2D eigenvalue weighted by atomic mass is 16.5. The third-order valence-corrected chi connectivity index (χ3v) is 6.05. The standard InChI is InChI=1S/C28H33N5O2/c1-5-8-16-35-24-11-9-10-21(18-24)28(34)29-25-19-27-26(17-20(25)4)30-33(31-27)23-14-12-22(13-15-23)32(6-2)7-3/h9-15,17-19H,5-8,16H2,1-4H3,(H,29,34). The number of aryl methyl sites for hydroxylation is 1. The number of hydrogen-bond acceptors (Lipinski definition) is 5. The number of nitrogens with one attached hydrogen (secondary N) is 1. The molecule has 0 bridgehead atoms. The van der Waals surface area contributed by atoms with E-state index in [1.165, 1.54) is 5.69 Å². The van der Waals surface area contributed by atoms with Gasteiger partial charge in [-0.2, -0.15) is 4.80 Å². The average Bonchev–Trinajstić information content (AvgIpc) is 3.28. The van der Waals surface area contributed by atoms with Crippen molar-refractivity contribution in [2.24, 2.45) is 0 Å². The number of carbonyl (C=O) groups is 1. The Morgan fingerprint density at radius 1 is 0.971 bits per heavy atom. The summed E-state index contributed by atoms with van der Waals surface area (Å²) in [7, 11) is 0. The maximum atomic E-state index is 12.9. The van der Waals surface area contributed by atoms with E-state index >= 15 is 0 Å². The number of anilines is 2. The van der Waals surface area contributed by atoms with Crippen molar-refractivity contribution in [3.63, 3.8) is 0 Å². The van der Waals surface area contributed by atoms with E-state index in [-0.39, 0.29) is 5.91 Å². The molecule has 7 heteroatoms. The molecule has 0 spiro atoms. The highest BCUT2D eigenvalue weighted by Gasteiger charge is 2.13. The van der Waals surface area contributed by atoms with E-state index in [0.29, 0.717) is 23.6 Å². The van der Waals surface area contributed by atoms with Crippen LogP contribution in [0.25, 0.3) is 16.7 Å². The zero-order valence-electron chi connectivity index (χ0n) is 20.9. The van der Waals surface area contributed by atoms with Gasteiger partial charge < -0.3 is 15.0 Å². The Morgan fingerprint density at radius 2 is 1.69 bits per heavy atom. The number of benzene rings is 3. The molecule has 0 saturated heterocycles. The number of nitrogens with zero attached hydrogens (tertiary/aromatic N) is 4. The Hall–Kier alpha value is -3.87. The fraction of sp³-hybridized carbons (Fsp3) is 0.321. The van der Waals surface area contributed by atoms with E-state index in [4.69, 9.17) is 4.74 Å². The highest BCUT2D eigenvalue weighted by molar-refractivity contribution is 6.05. The molecule has 0 aliphatic carbocycles. The predicted molar refractivity (Wildman–Crippen MR) is 142 cm³/mol. The first-order valence-corrected chi connectivity index (χ1v) is 12.3. The summed E-state index contributed by atoms with van der Waals surface area (Å²) in [5.74, 6) is 0.515. The molecule has 182 valence electrons. The minimum absolute atomic E-state index is 0.187. The van der Waals surface area contributed by atoms with Gasteiger partial charge in [-0.1, -0.05) is 19.4 Å². The molecule has 0 saturated carbocycles. The third kappa shape index (κ3) is 5.62. The number of unbranched alkanes of at least 4 members (excludes halogenated alkanes) is 1. The Kier molecular flexibility index (Phi) is 7.65. The molecule has 0 aliphatic rings. The van der Waals surface area contributed by atoms with Crippen LogP contribution in [0.2, 0.25) is 0 Å². The van der Waals surface area contributed by atoms with Gasteiger partial charge >= 0.3 is 0 Å². The van der Waals surface area contributed by atoms with Crippen LogP contribution in [0.5, 0.6) is 5.75 Å². The summed E-state index contributed by atoms with van der Waals surface area (Å²) < 4.78 is 5.74. The molecular formula is C28H33N5O2. The van der Waals surface area contributed by atoms with Gasteiger partial charge in [-0.25, -0.2) is 0 Å². The average molecular weight is 472 g/mol. The summed E-state index contributed by atoms with van der Waals surface area (Å²) in [4.78, 5) is 16.9. The van der Waals surface area contributed by atoms with Crippen LogP contribution in [-0.2, 0) is 0 Å². The molecule has 0 fully saturated rings. The summed E-state index contributed by atoms with van der Waals surface area (Å²) in [6, 6.07) is 19.3. The van der Waals surface area contributed by atoms with Crippen molar-refractivity contribution in [3.8, 4) is 11.4 Å². The molecule has 35 heavy (non-hydrogen) atoms. The lowest BCUT2D eigenvalue weighted by atomic mass is 10.1. The topological polar surface area (TPSA) is 72.3 Å². The normalized spacial score (nSPS) is 11.0. The van der Waals surface area contributed by atoms with Crippen molar-refractivity contribution in [1.82, 2.24) is 15.0 Å². The number of ether oxygens (including phenoxy) is 1.